The van der Waals surface area contributed by atoms with Crippen molar-refractivity contribution >= 4 is 0 Å². The summed E-state index contributed by atoms with van der Waals surface area (Å²) in [6.45, 7) is 7.36. The van der Waals surface area contributed by atoms with Gasteiger partial charge in [0.05, 0.1) is 6.61 Å². The Labute approximate surface area is 92.8 Å². The maximum absolute atomic E-state index is 9.38. The minimum Gasteiger partial charge on any atom is -0.395 e. The zero-order valence-corrected chi connectivity index (χ0v) is 9.78. The Morgan fingerprint density at radius 3 is 2.67 bits per heavy atom. The summed E-state index contributed by atoms with van der Waals surface area (Å²) in [4.78, 5) is 2.51. The lowest BCUT2D eigenvalue weighted by molar-refractivity contribution is 0.117. The predicted molar refractivity (Wildman–Crippen MR) is 61.8 cm³/mol. The lowest BCUT2D eigenvalue weighted by Gasteiger charge is -2.31. The van der Waals surface area contributed by atoms with Crippen molar-refractivity contribution in [3.05, 3.63) is 0 Å². The molecule has 0 aromatic heterocycles. The smallest absolute Gasteiger partial charge is 0.0589 e. The van der Waals surface area contributed by atoms with Crippen LogP contribution in [0, 0.1) is 11.8 Å². The molecule has 0 aromatic rings. The molecule has 2 heterocycles. The van der Waals surface area contributed by atoms with Crippen molar-refractivity contribution in [2.24, 2.45) is 11.8 Å². The summed E-state index contributed by atoms with van der Waals surface area (Å²) in [6, 6.07) is 0.430. The standard InChI is InChI=1S/C12H24N2O/c1-10-4-7-14(12(10)9-15)8-11-2-5-13-6-3-11/h10-13,15H,2-9H2,1H3. The number of rotatable bonds is 3. The zero-order chi connectivity index (χ0) is 10.7. The van der Waals surface area contributed by atoms with E-state index in [0.29, 0.717) is 18.6 Å². The molecule has 2 fully saturated rings. The molecule has 3 heteroatoms. The van der Waals surface area contributed by atoms with E-state index < -0.39 is 0 Å². The third-order valence-corrected chi connectivity index (χ3v) is 4.14. The first-order valence-electron chi connectivity index (χ1n) is 6.37. The Morgan fingerprint density at radius 1 is 1.27 bits per heavy atom. The highest BCUT2D eigenvalue weighted by molar-refractivity contribution is 4.86. The second-order valence-corrected chi connectivity index (χ2v) is 5.20. The molecular weight excluding hydrogens is 188 g/mol. The van der Waals surface area contributed by atoms with Crippen LogP contribution in [0.5, 0.6) is 0 Å². The first kappa shape index (κ1) is 11.4. The molecule has 2 aliphatic heterocycles. The van der Waals surface area contributed by atoms with Gasteiger partial charge in [-0.05, 0) is 50.7 Å². The van der Waals surface area contributed by atoms with Gasteiger partial charge in [-0.3, -0.25) is 4.90 Å². The maximum atomic E-state index is 9.38. The second-order valence-electron chi connectivity index (χ2n) is 5.20. The monoisotopic (exact) mass is 212 g/mol. The lowest BCUT2D eigenvalue weighted by atomic mass is 9.96. The minimum absolute atomic E-state index is 0.339. The average Bonchev–Trinajstić information content (AvgIpc) is 2.61. The average molecular weight is 212 g/mol. The van der Waals surface area contributed by atoms with Gasteiger partial charge in [0.2, 0.25) is 0 Å². The molecule has 2 atom stereocenters. The zero-order valence-electron chi connectivity index (χ0n) is 9.78. The Morgan fingerprint density at radius 2 is 2.00 bits per heavy atom. The van der Waals surface area contributed by atoms with E-state index in [1.165, 1.54) is 45.4 Å². The van der Waals surface area contributed by atoms with E-state index in [1.54, 1.807) is 0 Å². The van der Waals surface area contributed by atoms with Crippen molar-refractivity contribution in [3.8, 4) is 0 Å². The fourth-order valence-electron chi connectivity index (χ4n) is 3.01. The molecule has 0 spiro atoms. The highest BCUT2D eigenvalue weighted by Crippen LogP contribution is 2.26. The summed E-state index contributed by atoms with van der Waals surface area (Å²) >= 11 is 0. The molecule has 2 unspecified atom stereocenters. The van der Waals surface area contributed by atoms with E-state index in [9.17, 15) is 5.11 Å². The third-order valence-electron chi connectivity index (χ3n) is 4.14. The number of hydrogen-bond donors (Lipinski definition) is 2. The van der Waals surface area contributed by atoms with Crippen LogP contribution in [0.4, 0.5) is 0 Å². The van der Waals surface area contributed by atoms with E-state index >= 15 is 0 Å². The van der Waals surface area contributed by atoms with Gasteiger partial charge in [0.25, 0.3) is 0 Å². The van der Waals surface area contributed by atoms with Crippen molar-refractivity contribution in [3.63, 3.8) is 0 Å². The van der Waals surface area contributed by atoms with E-state index in [0.717, 1.165) is 5.92 Å². The van der Waals surface area contributed by atoms with Crippen LogP contribution in [0.1, 0.15) is 26.2 Å². The Bertz CT molecular complexity index is 192. The van der Waals surface area contributed by atoms with Gasteiger partial charge in [-0.1, -0.05) is 6.92 Å². The molecule has 2 saturated heterocycles. The van der Waals surface area contributed by atoms with Gasteiger partial charge in [-0.25, -0.2) is 0 Å². The quantitative estimate of drug-likeness (QED) is 0.722. The van der Waals surface area contributed by atoms with Gasteiger partial charge in [-0.2, -0.15) is 0 Å². The van der Waals surface area contributed by atoms with Gasteiger partial charge >= 0.3 is 0 Å². The van der Waals surface area contributed by atoms with E-state index in [4.69, 9.17) is 0 Å². The number of nitrogens with zero attached hydrogens (tertiary/aromatic N) is 1. The fraction of sp³-hybridized carbons (Fsp3) is 1.00. The van der Waals surface area contributed by atoms with Crippen molar-refractivity contribution in [1.82, 2.24) is 10.2 Å². The van der Waals surface area contributed by atoms with Crippen molar-refractivity contribution in [2.75, 3.05) is 32.8 Å². The number of likely N-dealkylation sites (tertiary alicyclic amines) is 1. The second kappa shape index (κ2) is 5.28. The molecule has 3 nitrogen and oxygen atoms in total. The van der Waals surface area contributed by atoms with Crippen LogP contribution in [-0.2, 0) is 0 Å². The molecule has 0 amide bonds. The molecule has 0 aliphatic carbocycles. The van der Waals surface area contributed by atoms with Gasteiger partial charge in [0.15, 0.2) is 0 Å². The van der Waals surface area contributed by atoms with Gasteiger partial charge in [-0.15, -0.1) is 0 Å². The molecule has 0 aromatic carbocycles. The maximum Gasteiger partial charge on any atom is 0.0589 e. The Hall–Kier alpha value is -0.120. The summed E-state index contributed by atoms with van der Waals surface area (Å²) in [7, 11) is 0. The highest BCUT2D eigenvalue weighted by Gasteiger charge is 2.31. The predicted octanol–water partition coefficient (Wildman–Crippen LogP) is 0.689. The fourth-order valence-corrected chi connectivity index (χ4v) is 3.01. The van der Waals surface area contributed by atoms with E-state index in [-0.39, 0.29) is 0 Å². The van der Waals surface area contributed by atoms with Crippen LogP contribution in [0.15, 0.2) is 0 Å². The van der Waals surface area contributed by atoms with Crippen LogP contribution in [0.2, 0.25) is 0 Å². The van der Waals surface area contributed by atoms with Crippen molar-refractivity contribution in [2.45, 2.75) is 32.2 Å². The molecule has 2 rings (SSSR count). The Kier molecular flexibility index (Phi) is 4.00. The normalized spacial score (nSPS) is 34.8. The van der Waals surface area contributed by atoms with Gasteiger partial charge < -0.3 is 10.4 Å². The summed E-state index contributed by atoms with van der Waals surface area (Å²) in [5.41, 5.74) is 0. The first-order valence-corrected chi connectivity index (χ1v) is 6.37. The minimum atomic E-state index is 0.339. The molecule has 2 aliphatic rings. The largest absolute Gasteiger partial charge is 0.395 e. The number of aliphatic hydroxyl groups is 1. The van der Waals surface area contributed by atoms with E-state index in [1.807, 2.05) is 0 Å². The van der Waals surface area contributed by atoms with Gasteiger partial charge in [0, 0.05) is 12.6 Å². The van der Waals surface area contributed by atoms with Crippen molar-refractivity contribution in [1.29, 1.82) is 0 Å². The van der Waals surface area contributed by atoms with Crippen LogP contribution in [0.3, 0.4) is 0 Å². The number of piperidine rings is 1. The van der Waals surface area contributed by atoms with Crippen LogP contribution < -0.4 is 5.32 Å². The summed E-state index contributed by atoms with van der Waals surface area (Å²) in [5, 5.41) is 12.8. The molecule has 0 saturated carbocycles. The summed E-state index contributed by atoms with van der Waals surface area (Å²) in [5.74, 6) is 1.53. The Balaban J connectivity index is 1.82. The molecule has 15 heavy (non-hydrogen) atoms. The lowest BCUT2D eigenvalue weighted by Crippen LogP contribution is -2.41. The van der Waals surface area contributed by atoms with Crippen LogP contribution in [-0.4, -0.2) is 48.8 Å². The highest BCUT2D eigenvalue weighted by atomic mass is 16.3. The molecule has 88 valence electrons. The first-order chi connectivity index (χ1) is 7.31. The number of hydrogen-bond acceptors (Lipinski definition) is 3. The SMILES string of the molecule is CC1CCN(CC2CCNCC2)C1CO. The number of aliphatic hydroxyl groups excluding tert-OH is 1. The van der Waals surface area contributed by atoms with Crippen LogP contribution >= 0.6 is 0 Å². The number of nitrogens with one attached hydrogen (secondary N) is 1. The summed E-state index contributed by atoms with van der Waals surface area (Å²) < 4.78 is 0. The molecule has 0 radical (unpaired) electrons. The van der Waals surface area contributed by atoms with Crippen molar-refractivity contribution < 1.29 is 5.11 Å². The molecular formula is C12H24N2O. The van der Waals surface area contributed by atoms with Gasteiger partial charge in [0.1, 0.15) is 0 Å². The molecule has 2 N–H and O–H groups in total. The third kappa shape index (κ3) is 2.71. The van der Waals surface area contributed by atoms with E-state index in [2.05, 4.69) is 17.1 Å². The van der Waals surface area contributed by atoms with Crippen LogP contribution in [0.25, 0.3) is 0 Å². The topological polar surface area (TPSA) is 35.5 Å². The molecule has 0 bridgehead atoms. The summed E-state index contributed by atoms with van der Waals surface area (Å²) in [6.07, 6.45) is 3.88.